The number of ether oxygens (including phenoxy) is 1. The van der Waals surface area contributed by atoms with Gasteiger partial charge in [0, 0.05) is 19.0 Å². The fourth-order valence-electron chi connectivity index (χ4n) is 3.55. The molecule has 1 aliphatic heterocycles. The molecule has 4 rings (SSSR count). The van der Waals surface area contributed by atoms with Crippen molar-refractivity contribution in [2.75, 3.05) is 6.54 Å². The maximum atomic E-state index is 13.1. The van der Waals surface area contributed by atoms with Crippen LogP contribution in [-0.2, 0) is 26.3 Å². The number of para-hydroxylation sites is 1. The van der Waals surface area contributed by atoms with Crippen LogP contribution in [0.15, 0.2) is 58.2 Å². The summed E-state index contributed by atoms with van der Waals surface area (Å²) < 4.78 is 32.8. The van der Waals surface area contributed by atoms with Gasteiger partial charge in [0.1, 0.15) is 11.6 Å². The third kappa shape index (κ3) is 4.18. The first-order valence-electron chi connectivity index (χ1n) is 9.62. The van der Waals surface area contributed by atoms with Crippen molar-refractivity contribution in [3.8, 4) is 0 Å². The van der Waals surface area contributed by atoms with E-state index >= 15 is 0 Å². The summed E-state index contributed by atoms with van der Waals surface area (Å²) in [4.78, 5) is 35.0. The van der Waals surface area contributed by atoms with Gasteiger partial charge in [-0.1, -0.05) is 29.5 Å². The van der Waals surface area contributed by atoms with Gasteiger partial charge in [-0.05, 0) is 18.2 Å². The van der Waals surface area contributed by atoms with Crippen LogP contribution in [0.3, 0.4) is 0 Å². The number of nitro groups is 1. The lowest BCUT2D eigenvalue weighted by molar-refractivity contribution is -0.387. The summed E-state index contributed by atoms with van der Waals surface area (Å²) in [5.41, 5.74) is -0.876. The molecule has 2 atom stereocenters. The Labute approximate surface area is 186 Å². The van der Waals surface area contributed by atoms with Crippen molar-refractivity contribution in [3.63, 3.8) is 0 Å². The lowest BCUT2D eigenvalue weighted by Gasteiger charge is -2.22. The van der Waals surface area contributed by atoms with Gasteiger partial charge in [0.25, 0.3) is 21.3 Å². The van der Waals surface area contributed by atoms with Crippen LogP contribution < -0.4 is 5.56 Å². The molecule has 172 valence electrons. The zero-order valence-electron chi connectivity index (χ0n) is 16.8. The highest BCUT2D eigenvalue weighted by Gasteiger charge is 2.46. The average Bonchev–Trinajstić information content (AvgIpc) is 3.21. The van der Waals surface area contributed by atoms with E-state index in [1.54, 1.807) is 18.2 Å². The smallest absolute Gasteiger partial charge is 0.326 e. The topological polar surface area (TPSA) is 175 Å². The Balaban J connectivity index is 1.58. The van der Waals surface area contributed by atoms with E-state index in [4.69, 9.17) is 4.74 Å². The van der Waals surface area contributed by atoms with Crippen LogP contribution >= 0.6 is 0 Å². The van der Waals surface area contributed by atoms with Crippen LogP contribution in [0.1, 0.15) is 6.42 Å². The quantitative estimate of drug-likeness (QED) is 0.291. The predicted octanol–water partition coefficient (Wildman–Crippen LogP) is 0.0245. The predicted molar refractivity (Wildman–Crippen MR) is 111 cm³/mol. The number of hydrogen-bond donors (Lipinski definition) is 1. The van der Waals surface area contributed by atoms with Crippen molar-refractivity contribution in [3.05, 3.63) is 69.0 Å². The number of carbonyl (C=O) groups excluding carboxylic acids is 1. The van der Waals surface area contributed by atoms with E-state index in [0.717, 1.165) is 16.8 Å². The van der Waals surface area contributed by atoms with Crippen LogP contribution in [-0.4, -0.2) is 62.4 Å². The summed E-state index contributed by atoms with van der Waals surface area (Å²) in [6.45, 7) is -1.09. The molecule has 1 fully saturated rings. The van der Waals surface area contributed by atoms with Gasteiger partial charge in [-0.25, -0.2) is 8.42 Å². The third-order valence-electron chi connectivity index (χ3n) is 5.11. The van der Waals surface area contributed by atoms with E-state index in [-0.39, 0.29) is 11.8 Å². The van der Waals surface area contributed by atoms with Gasteiger partial charge in [0.2, 0.25) is 0 Å². The van der Waals surface area contributed by atoms with Crippen LogP contribution in [0.25, 0.3) is 10.9 Å². The van der Waals surface area contributed by atoms with Crippen LogP contribution in [0.4, 0.5) is 5.69 Å². The summed E-state index contributed by atoms with van der Waals surface area (Å²) in [6.07, 6.45) is -1.47. The molecule has 3 aromatic rings. The van der Waals surface area contributed by atoms with E-state index in [9.17, 15) is 33.2 Å². The highest BCUT2D eigenvalue weighted by molar-refractivity contribution is 7.89. The van der Waals surface area contributed by atoms with E-state index in [0.29, 0.717) is 9.82 Å². The Morgan fingerprint density at radius 3 is 2.67 bits per heavy atom. The molecule has 33 heavy (non-hydrogen) atoms. The normalized spacial score (nSPS) is 18.9. The second-order valence-electron chi connectivity index (χ2n) is 7.21. The first kappa shape index (κ1) is 22.4. The van der Waals surface area contributed by atoms with Crippen molar-refractivity contribution in [1.82, 2.24) is 19.3 Å². The summed E-state index contributed by atoms with van der Waals surface area (Å²) >= 11 is 0. The Bertz CT molecular complexity index is 1410. The fourth-order valence-corrected chi connectivity index (χ4v) is 5.33. The number of fused-ring (bicyclic) bond motifs is 1. The molecule has 0 aliphatic carbocycles. The number of esters is 1. The fraction of sp³-hybridized carbons (Fsp3) is 0.263. The second-order valence-corrected chi connectivity index (χ2v) is 9.07. The van der Waals surface area contributed by atoms with Crippen molar-refractivity contribution in [2.45, 2.75) is 30.2 Å². The average molecular weight is 475 g/mol. The molecule has 14 heteroatoms. The van der Waals surface area contributed by atoms with Crippen LogP contribution in [0, 0.1) is 10.1 Å². The first-order valence-corrected chi connectivity index (χ1v) is 11.1. The van der Waals surface area contributed by atoms with E-state index in [1.807, 2.05) is 0 Å². The number of nitrogens with zero attached hydrogens (tertiary/aromatic N) is 5. The van der Waals surface area contributed by atoms with E-state index < -0.39 is 62.5 Å². The van der Waals surface area contributed by atoms with Gasteiger partial charge >= 0.3 is 5.97 Å². The number of benzene rings is 2. The molecule has 2 aromatic carbocycles. The molecular weight excluding hydrogens is 458 g/mol. The third-order valence-corrected chi connectivity index (χ3v) is 7.03. The molecule has 1 saturated heterocycles. The molecule has 1 N–H and O–H groups in total. The minimum absolute atomic E-state index is 0.250. The number of rotatable bonds is 6. The van der Waals surface area contributed by atoms with E-state index in [1.165, 1.54) is 18.2 Å². The minimum atomic E-state index is -4.53. The monoisotopic (exact) mass is 475 g/mol. The van der Waals surface area contributed by atoms with Gasteiger partial charge in [-0.2, -0.15) is 8.99 Å². The number of aliphatic hydroxyl groups is 1. The molecular formula is C19H17N5O8S. The second kappa shape index (κ2) is 8.65. The maximum absolute atomic E-state index is 13.1. The zero-order chi connectivity index (χ0) is 23.8. The molecule has 0 spiro atoms. The van der Waals surface area contributed by atoms with E-state index in [2.05, 4.69) is 10.3 Å². The summed E-state index contributed by atoms with van der Waals surface area (Å²) in [5, 5.41) is 29.1. The number of nitro benzene ring substituents is 1. The summed E-state index contributed by atoms with van der Waals surface area (Å²) in [7, 11) is -4.53. The summed E-state index contributed by atoms with van der Waals surface area (Å²) in [6, 6.07) is 9.67. The van der Waals surface area contributed by atoms with Crippen molar-refractivity contribution in [1.29, 1.82) is 0 Å². The molecule has 0 unspecified atom stereocenters. The number of aliphatic hydroxyl groups excluding tert-OH is 1. The SMILES string of the molecule is O=C(OCn1nnc2ccccc2c1=O)[C@H]1C[C@@H](O)CN1S(=O)(=O)c1ccccc1[N+](=O)[O-]. The highest BCUT2D eigenvalue weighted by atomic mass is 32.2. The Hall–Kier alpha value is -3.75. The molecule has 1 aliphatic rings. The Kier molecular flexibility index (Phi) is 5.88. The Morgan fingerprint density at radius 2 is 1.91 bits per heavy atom. The number of β-amino-alcohol motifs (C(OH)–C–C–N with tert-alkyl or cyclic N) is 1. The Morgan fingerprint density at radius 1 is 1.21 bits per heavy atom. The molecule has 2 heterocycles. The maximum Gasteiger partial charge on any atom is 0.326 e. The molecule has 0 amide bonds. The zero-order valence-corrected chi connectivity index (χ0v) is 17.7. The van der Waals surface area contributed by atoms with Gasteiger partial charge in [-0.15, -0.1) is 5.10 Å². The van der Waals surface area contributed by atoms with Gasteiger partial charge in [0.15, 0.2) is 11.6 Å². The lowest BCUT2D eigenvalue weighted by Crippen LogP contribution is -2.42. The number of sulfonamides is 1. The first-order chi connectivity index (χ1) is 15.7. The molecule has 0 radical (unpaired) electrons. The van der Waals surface area contributed by atoms with Crippen LogP contribution in [0.5, 0.6) is 0 Å². The van der Waals surface area contributed by atoms with Crippen molar-refractivity contribution >= 4 is 32.6 Å². The highest BCUT2D eigenvalue weighted by Crippen LogP contribution is 2.31. The lowest BCUT2D eigenvalue weighted by atomic mass is 10.2. The van der Waals surface area contributed by atoms with Gasteiger partial charge in [-0.3, -0.25) is 19.7 Å². The number of hydrogen-bond acceptors (Lipinski definition) is 10. The van der Waals surface area contributed by atoms with Gasteiger partial charge in [0.05, 0.1) is 16.4 Å². The molecule has 0 saturated carbocycles. The van der Waals surface area contributed by atoms with Gasteiger partial charge < -0.3 is 9.84 Å². The molecule has 13 nitrogen and oxygen atoms in total. The summed E-state index contributed by atoms with van der Waals surface area (Å²) in [5.74, 6) is -1.05. The van der Waals surface area contributed by atoms with Crippen molar-refractivity contribution < 1.29 is 28.0 Å². The largest absolute Gasteiger partial charge is 0.441 e. The molecule has 1 aromatic heterocycles. The number of aromatic nitrogens is 3. The minimum Gasteiger partial charge on any atom is -0.441 e. The van der Waals surface area contributed by atoms with Crippen LogP contribution in [0.2, 0.25) is 0 Å². The number of carbonyl (C=O) groups is 1. The van der Waals surface area contributed by atoms with Crippen molar-refractivity contribution in [2.24, 2.45) is 0 Å². The molecule has 0 bridgehead atoms. The standard InChI is InChI=1S/C19H17N5O8S/c25-12-9-16(23(10-12)33(30,31)17-8-4-3-7-15(17)24(28)29)19(27)32-11-22-18(26)13-5-1-2-6-14(13)20-21-22/h1-8,12,16,25H,9-11H2/t12-,16-/m1/s1.